The van der Waals surface area contributed by atoms with Gasteiger partial charge in [0.1, 0.15) is 0 Å². The summed E-state index contributed by atoms with van der Waals surface area (Å²) in [6.07, 6.45) is -4.32. The number of hydrogen-bond donors (Lipinski definition) is 1. The Hall–Kier alpha value is -1.51. The van der Waals surface area contributed by atoms with Crippen LogP contribution in [-0.2, 0) is 4.84 Å². The highest BCUT2D eigenvalue weighted by Crippen LogP contribution is 2.13. The maximum Gasteiger partial charge on any atom is 0.413 e. The van der Waals surface area contributed by atoms with E-state index < -0.39 is 12.8 Å². The first-order valence-electron chi connectivity index (χ1n) is 4.53. The topological polar surface area (TPSA) is 21.3 Å². The molecule has 16 heavy (non-hydrogen) atoms. The van der Waals surface area contributed by atoms with E-state index in [1.807, 2.05) is 30.3 Å². The third-order valence-electron chi connectivity index (χ3n) is 1.50. The smallest absolute Gasteiger partial charge is 0.291 e. The summed E-state index contributed by atoms with van der Waals surface area (Å²) < 4.78 is 34.9. The van der Waals surface area contributed by atoms with Crippen LogP contribution in [-0.4, -0.2) is 19.3 Å². The Morgan fingerprint density at radius 3 is 2.50 bits per heavy atom. The Morgan fingerprint density at radius 2 is 1.88 bits per heavy atom. The fraction of sp³-hybridized carbons (Fsp3) is 0.273. The van der Waals surface area contributed by atoms with Crippen molar-refractivity contribution in [1.82, 2.24) is 5.48 Å². The van der Waals surface area contributed by atoms with Gasteiger partial charge in [-0.2, -0.15) is 18.7 Å². The number of hydrogen-bond acceptors (Lipinski definition) is 2. The van der Waals surface area contributed by atoms with E-state index in [0.29, 0.717) is 0 Å². The molecule has 0 fully saturated rings. The first-order valence-corrected chi connectivity index (χ1v) is 4.53. The van der Waals surface area contributed by atoms with Crippen molar-refractivity contribution in [2.45, 2.75) is 6.18 Å². The van der Waals surface area contributed by atoms with Crippen LogP contribution in [0.15, 0.2) is 30.3 Å². The van der Waals surface area contributed by atoms with Gasteiger partial charge in [0.15, 0.2) is 6.61 Å². The number of alkyl halides is 3. The molecule has 0 aliphatic carbocycles. The molecular weight excluding hydrogens is 219 g/mol. The van der Waals surface area contributed by atoms with Crippen molar-refractivity contribution in [3.05, 3.63) is 35.9 Å². The van der Waals surface area contributed by atoms with Gasteiger partial charge in [-0.05, 0) is 12.1 Å². The summed E-state index contributed by atoms with van der Waals surface area (Å²) in [5.41, 5.74) is 2.92. The molecule has 0 saturated carbocycles. The summed E-state index contributed by atoms with van der Waals surface area (Å²) in [5.74, 6) is 5.40. The molecule has 0 saturated heterocycles. The van der Waals surface area contributed by atoms with Gasteiger partial charge >= 0.3 is 6.18 Å². The standard InChI is InChI=1S/C11H10F3NO/c12-11(13,14)9-16-15-8-4-7-10-5-2-1-3-6-10/h1-3,5-6,15H,8-9H2. The molecule has 1 aromatic rings. The third kappa shape index (κ3) is 6.06. The summed E-state index contributed by atoms with van der Waals surface area (Å²) in [5, 5.41) is 0. The van der Waals surface area contributed by atoms with Gasteiger partial charge in [-0.25, -0.2) is 0 Å². The van der Waals surface area contributed by atoms with Gasteiger partial charge in [0.2, 0.25) is 0 Å². The van der Waals surface area contributed by atoms with Gasteiger partial charge in [-0.1, -0.05) is 30.0 Å². The van der Waals surface area contributed by atoms with Gasteiger partial charge < -0.3 is 0 Å². The van der Waals surface area contributed by atoms with Gasteiger partial charge in [0, 0.05) is 5.56 Å². The molecule has 0 unspecified atom stereocenters. The predicted molar refractivity (Wildman–Crippen MR) is 53.3 cm³/mol. The minimum Gasteiger partial charge on any atom is -0.291 e. The van der Waals surface area contributed by atoms with E-state index in [1.165, 1.54) is 0 Å². The summed E-state index contributed by atoms with van der Waals surface area (Å²) in [6.45, 7) is -1.27. The number of benzene rings is 1. The molecule has 0 heterocycles. The Morgan fingerprint density at radius 1 is 1.19 bits per heavy atom. The van der Waals surface area contributed by atoms with Gasteiger partial charge in [-0.3, -0.25) is 4.84 Å². The second kappa shape index (κ2) is 6.16. The van der Waals surface area contributed by atoms with Crippen molar-refractivity contribution in [2.24, 2.45) is 0 Å². The van der Waals surface area contributed by atoms with E-state index in [2.05, 4.69) is 22.2 Å². The van der Waals surface area contributed by atoms with Crippen molar-refractivity contribution in [3.63, 3.8) is 0 Å². The zero-order valence-corrected chi connectivity index (χ0v) is 8.34. The molecule has 0 aromatic heterocycles. The maximum atomic E-state index is 11.6. The minimum atomic E-state index is -4.32. The molecule has 0 bridgehead atoms. The van der Waals surface area contributed by atoms with E-state index in [1.54, 1.807) is 0 Å². The van der Waals surface area contributed by atoms with Gasteiger partial charge in [0.25, 0.3) is 0 Å². The zero-order valence-electron chi connectivity index (χ0n) is 8.34. The molecule has 1 N–H and O–H groups in total. The SMILES string of the molecule is FC(F)(F)CONCC#Cc1ccccc1. The number of nitrogens with one attached hydrogen (secondary N) is 1. The Balaban J connectivity index is 2.19. The molecule has 86 valence electrons. The van der Waals surface area contributed by atoms with Crippen molar-refractivity contribution < 1.29 is 18.0 Å². The maximum absolute atomic E-state index is 11.6. The van der Waals surface area contributed by atoms with E-state index in [-0.39, 0.29) is 6.54 Å². The van der Waals surface area contributed by atoms with Gasteiger partial charge in [0.05, 0.1) is 6.54 Å². The zero-order chi connectivity index (χ0) is 11.9. The Bertz CT molecular complexity index is 364. The van der Waals surface area contributed by atoms with Crippen LogP contribution in [0, 0.1) is 11.8 Å². The third-order valence-corrected chi connectivity index (χ3v) is 1.50. The largest absolute Gasteiger partial charge is 0.413 e. The molecule has 0 radical (unpaired) electrons. The van der Waals surface area contributed by atoms with Gasteiger partial charge in [-0.15, -0.1) is 0 Å². The molecule has 0 aliphatic heterocycles. The second-order valence-electron chi connectivity index (χ2n) is 2.89. The van der Waals surface area contributed by atoms with E-state index in [9.17, 15) is 13.2 Å². The molecule has 5 heteroatoms. The summed E-state index contributed by atoms with van der Waals surface area (Å²) in [6, 6.07) is 9.14. The van der Waals surface area contributed by atoms with Crippen molar-refractivity contribution >= 4 is 0 Å². The normalized spacial score (nSPS) is 10.7. The van der Waals surface area contributed by atoms with Crippen molar-refractivity contribution in [3.8, 4) is 11.8 Å². The molecular formula is C11H10F3NO. The number of halogens is 3. The Labute approximate surface area is 91.4 Å². The summed E-state index contributed by atoms with van der Waals surface area (Å²) >= 11 is 0. The van der Waals surface area contributed by atoms with E-state index in [0.717, 1.165) is 5.56 Å². The molecule has 0 atom stereocenters. The van der Waals surface area contributed by atoms with Crippen LogP contribution in [0.3, 0.4) is 0 Å². The molecule has 0 aliphatic rings. The highest BCUT2D eigenvalue weighted by Gasteiger charge is 2.27. The van der Waals surface area contributed by atoms with Crippen LogP contribution in [0.4, 0.5) is 13.2 Å². The average Bonchev–Trinajstić information content (AvgIpc) is 2.23. The van der Waals surface area contributed by atoms with Crippen LogP contribution in [0.25, 0.3) is 0 Å². The lowest BCUT2D eigenvalue weighted by atomic mass is 10.2. The minimum absolute atomic E-state index is 0.0466. The fourth-order valence-corrected chi connectivity index (χ4v) is 0.888. The quantitative estimate of drug-likeness (QED) is 0.487. The second-order valence-corrected chi connectivity index (χ2v) is 2.89. The van der Waals surface area contributed by atoms with Crippen LogP contribution in [0.1, 0.15) is 5.56 Å². The monoisotopic (exact) mass is 229 g/mol. The van der Waals surface area contributed by atoms with E-state index >= 15 is 0 Å². The molecule has 0 spiro atoms. The van der Waals surface area contributed by atoms with Crippen LogP contribution >= 0.6 is 0 Å². The fourth-order valence-electron chi connectivity index (χ4n) is 0.888. The van der Waals surface area contributed by atoms with Crippen molar-refractivity contribution in [1.29, 1.82) is 0 Å². The Kier molecular flexibility index (Phi) is 4.83. The van der Waals surface area contributed by atoms with Crippen LogP contribution in [0.2, 0.25) is 0 Å². The van der Waals surface area contributed by atoms with Crippen LogP contribution < -0.4 is 5.48 Å². The summed E-state index contributed by atoms with van der Waals surface area (Å²) in [7, 11) is 0. The average molecular weight is 229 g/mol. The highest BCUT2D eigenvalue weighted by atomic mass is 19.4. The highest BCUT2D eigenvalue weighted by molar-refractivity contribution is 5.33. The molecule has 1 rings (SSSR count). The lowest BCUT2D eigenvalue weighted by molar-refractivity contribution is -0.188. The molecule has 2 nitrogen and oxygen atoms in total. The van der Waals surface area contributed by atoms with Crippen LogP contribution in [0.5, 0.6) is 0 Å². The molecule has 0 amide bonds. The lowest BCUT2D eigenvalue weighted by Gasteiger charge is -2.05. The lowest BCUT2D eigenvalue weighted by Crippen LogP contribution is -2.24. The first-order chi connectivity index (χ1) is 7.58. The van der Waals surface area contributed by atoms with Crippen molar-refractivity contribution in [2.75, 3.05) is 13.2 Å². The first kappa shape index (κ1) is 12.6. The van der Waals surface area contributed by atoms with E-state index in [4.69, 9.17) is 0 Å². The number of hydroxylamine groups is 1. The molecule has 1 aromatic carbocycles. The number of rotatable bonds is 3. The summed E-state index contributed by atoms with van der Waals surface area (Å²) in [4.78, 5) is 4.16. The predicted octanol–water partition coefficient (Wildman–Crippen LogP) is 2.12.